The molecule has 14 nitrogen and oxygen atoms in total. The molecule has 11 atom stereocenters. The zero-order chi connectivity index (χ0) is 50.9. The predicted molar refractivity (Wildman–Crippen MR) is 275 cm³/mol. The summed E-state index contributed by atoms with van der Waals surface area (Å²) in [7, 11) is 0. The average molecular weight is 995 g/mol. The second kappa shape index (κ2) is 43.1. The fourth-order valence-electron chi connectivity index (χ4n) is 8.37. The van der Waals surface area contributed by atoms with Gasteiger partial charge in [-0.05, 0) is 57.8 Å². The van der Waals surface area contributed by atoms with Crippen molar-refractivity contribution in [1.29, 1.82) is 0 Å². The monoisotopic (exact) mass is 995 g/mol. The van der Waals surface area contributed by atoms with Gasteiger partial charge in [0.05, 0.1) is 26.4 Å². The summed E-state index contributed by atoms with van der Waals surface area (Å²) >= 11 is 0. The van der Waals surface area contributed by atoms with Crippen molar-refractivity contribution in [3.05, 3.63) is 60.8 Å². The van der Waals surface area contributed by atoms with Crippen LogP contribution in [0.5, 0.6) is 0 Å². The molecular formula is C56H98O14. The first kappa shape index (κ1) is 63.8. The molecule has 2 aliphatic rings. The summed E-state index contributed by atoms with van der Waals surface area (Å²) < 4.78 is 34.3. The molecule has 2 aliphatic heterocycles. The van der Waals surface area contributed by atoms with Gasteiger partial charge in [0.2, 0.25) is 0 Å². The van der Waals surface area contributed by atoms with Crippen molar-refractivity contribution in [3.8, 4) is 0 Å². The molecule has 0 aromatic rings. The molecule has 14 heteroatoms. The van der Waals surface area contributed by atoms with Crippen LogP contribution in [-0.2, 0) is 33.2 Å². The van der Waals surface area contributed by atoms with Gasteiger partial charge in [0.15, 0.2) is 12.6 Å². The normalized spacial score (nSPS) is 26.0. The van der Waals surface area contributed by atoms with Crippen molar-refractivity contribution in [2.75, 3.05) is 33.0 Å². The van der Waals surface area contributed by atoms with Crippen LogP contribution in [-0.4, -0.2) is 142 Å². The second-order valence-corrected chi connectivity index (χ2v) is 19.0. The van der Waals surface area contributed by atoms with E-state index in [4.69, 9.17) is 28.4 Å². The van der Waals surface area contributed by atoms with Crippen LogP contribution in [0.25, 0.3) is 0 Å². The number of rotatable bonds is 43. The van der Waals surface area contributed by atoms with Crippen molar-refractivity contribution in [2.45, 2.75) is 255 Å². The molecule has 7 N–H and O–H groups in total. The van der Waals surface area contributed by atoms with Crippen molar-refractivity contribution in [3.63, 3.8) is 0 Å². The van der Waals surface area contributed by atoms with Crippen molar-refractivity contribution in [2.24, 2.45) is 0 Å². The highest BCUT2D eigenvalue weighted by molar-refractivity contribution is 5.69. The number of aliphatic hydroxyl groups is 7. The third-order valence-corrected chi connectivity index (χ3v) is 12.8. The summed E-state index contributed by atoms with van der Waals surface area (Å²) in [5.74, 6) is -0.381. The van der Waals surface area contributed by atoms with E-state index in [-0.39, 0.29) is 25.6 Å². The van der Waals surface area contributed by atoms with Crippen molar-refractivity contribution >= 4 is 5.97 Å². The van der Waals surface area contributed by atoms with E-state index in [0.717, 1.165) is 77.0 Å². The predicted octanol–water partition coefficient (Wildman–Crippen LogP) is 8.91. The second-order valence-electron chi connectivity index (χ2n) is 19.0. The van der Waals surface area contributed by atoms with Crippen LogP contribution < -0.4 is 0 Å². The van der Waals surface area contributed by atoms with Gasteiger partial charge in [-0.1, -0.05) is 184 Å². The molecule has 0 saturated carbocycles. The van der Waals surface area contributed by atoms with Crippen LogP contribution in [0, 0.1) is 0 Å². The van der Waals surface area contributed by atoms with E-state index in [0.29, 0.717) is 13.0 Å². The van der Waals surface area contributed by atoms with Gasteiger partial charge in [0.25, 0.3) is 0 Å². The van der Waals surface area contributed by atoms with E-state index in [9.17, 15) is 40.5 Å². The minimum Gasteiger partial charge on any atom is -0.457 e. The fourth-order valence-corrected chi connectivity index (χ4v) is 8.37. The summed E-state index contributed by atoms with van der Waals surface area (Å²) in [5.41, 5.74) is 0. The molecule has 0 aliphatic carbocycles. The first-order chi connectivity index (χ1) is 34.1. The first-order valence-electron chi connectivity index (χ1n) is 27.4. The van der Waals surface area contributed by atoms with E-state index < -0.39 is 80.7 Å². The topological polar surface area (TPSA) is 214 Å². The Morgan fingerprint density at radius 1 is 0.486 bits per heavy atom. The standard InChI is InChI=1S/C56H98O14/c1-3-5-7-9-11-13-15-16-17-18-19-20-21-22-23-24-25-26-27-28-29-30-32-34-36-38-40-65-42-45(68-48(58)39-37-35-33-31-14-12-10-8-6-4-2)43-66-55-54(64)52(62)50(60)47(70-55)44-67-56-53(63)51(61)49(59)46(41-57)69-56/h5,7,11,13,16-17,19-20,22-23,45-47,49-57,59-64H,3-4,6,8-10,12,14-15,18,21,24-44H2,1-2H3/b7-5-,13-11-,17-16-,20-19-,23-22-. The van der Waals surface area contributed by atoms with Gasteiger partial charge >= 0.3 is 5.97 Å². The van der Waals surface area contributed by atoms with Gasteiger partial charge in [-0.25, -0.2) is 0 Å². The molecule has 0 aromatic heterocycles. The van der Waals surface area contributed by atoms with Crippen LogP contribution in [0.4, 0.5) is 0 Å². The number of ether oxygens (including phenoxy) is 6. The smallest absolute Gasteiger partial charge is 0.306 e. The van der Waals surface area contributed by atoms with Crippen LogP contribution in [0.15, 0.2) is 60.8 Å². The van der Waals surface area contributed by atoms with Crippen LogP contribution >= 0.6 is 0 Å². The molecule has 2 saturated heterocycles. The van der Waals surface area contributed by atoms with Crippen molar-refractivity contribution < 1.29 is 69.0 Å². The number of esters is 1. The Labute approximate surface area is 422 Å². The largest absolute Gasteiger partial charge is 0.457 e. The molecule has 2 fully saturated rings. The summed E-state index contributed by atoms with van der Waals surface area (Å²) in [4.78, 5) is 13.0. The lowest BCUT2D eigenvalue weighted by molar-refractivity contribution is -0.332. The zero-order valence-electron chi connectivity index (χ0n) is 43.2. The summed E-state index contributed by atoms with van der Waals surface area (Å²) in [6.07, 6.45) is 35.8. The molecule has 0 bridgehead atoms. The lowest BCUT2D eigenvalue weighted by Crippen LogP contribution is -2.61. The summed E-state index contributed by atoms with van der Waals surface area (Å²) in [6, 6.07) is 0. The quantitative estimate of drug-likeness (QED) is 0.0173. The van der Waals surface area contributed by atoms with Gasteiger partial charge in [0, 0.05) is 13.0 Å². The maximum Gasteiger partial charge on any atom is 0.306 e. The Kier molecular flexibility index (Phi) is 39.3. The summed E-state index contributed by atoms with van der Waals surface area (Å²) in [5, 5.41) is 72.1. The molecule has 0 amide bonds. The number of allylic oxidation sites excluding steroid dienone is 10. The Balaban J connectivity index is 1.67. The Bertz CT molecular complexity index is 1390. The van der Waals surface area contributed by atoms with E-state index in [1.807, 2.05) is 0 Å². The number of carbonyl (C=O) groups is 1. The van der Waals surface area contributed by atoms with E-state index >= 15 is 0 Å². The lowest BCUT2D eigenvalue weighted by atomic mass is 9.98. The van der Waals surface area contributed by atoms with E-state index in [1.165, 1.54) is 83.5 Å². The Hall–Kier alpha value is -2.31. The number of unbranched alkanes of at least 4 members (excludes halogenated alkanes) is 19. The number of hydrogen-bond acceptors (Lipinski definition) is 14. The maximum absolute atomic E-state index is 13.0. The minimum absolute atomic E-state index is 0.0580. The highest BCUT2D eigenvalue weighted by Crippen LogP contribution is 2.26. The van der Waals surface area contributed by atoms with Gasteiger partial charge in [-0.15, -0.1) is 0 Å². The van der Waals surface area contributed by atoms with Crippen molar-refractivity contribution in [1.82, 2.24) is 0 Å². The molecule has 70 heavy (non-hydrogen) atoms. The molecule has 2 rings (SSSR count). The Morgan fingerprint density at radius 3 is 1.46 bits per heavy atom. The maximum atomic E-state index is 13.0. The highest BCUT2D eigenvalue weighted by atomic mass is 16.7. The molecule has 0 spiro atoms. The third kappa shape index (κ3) is 30.0. The molecule has 0 radical (unpaired) electrons. The van der Waals surface area contributed by atoms with Gasteiger partial charge in [0.1, 0.15) is 54.9 Å². The highest BCUT2D eigenvalue weighted by Gasteiger charge is 2.47. The van der Waals surface area contributed by atoms with Gasteiger partial charge in [-0.3, -0.25) is 4.79 Å². The molecule has 0 aromatic carbocycles. The number of aliphatic hydroxyl groups excluding tert-OH is 7. The average Bonchev–Trinajstić information content (AvgIpc) is 3.36. The molecule has 2 heterocycles. The molecular weight excluding hydrogens is 897 g/mol. The van der Waals surface area contributed by atoms with Crippen LogP contribution in [0.2, 0.25) is 0 Å². The minimum atomic E-state index is -1.71. The van der Waals surface area contributed by atoms with Gasteiger partial charge in [-0.2, -0.15) is 0 Å². The third-order valence-electron chi connectivity index (χ3n) is 12.8. The number of carbonyl (C=O) groups excluding carboxylic acids is 1. The molecule has 11 unspecified atom stereocenters. The van der Waals surface area contributed by atoms with Crippen LogP contribution in [0.3, 0.4) is 0 Å². The SMILES string of the molecule is CC/C=C\C/C=C\C/C=C\C/C=C\C/C=C\CCCCCCCCCCCCOCC(COC1OC(COC2OC(CO)C(O)C(O)C2O)C(O)C(O)C1O)OC(=O)CCCCCCCCCCCC. The molecule has 406 valence electrons. The first-order valence-corrected chi connectivity index (χ1v) is 27.4. The zero-order valence-corrected chi connectivity index (χ0v) is 43.2. The van der Waals surface area contributed by atoms with Crippen LogP contribution in [0.1, 0.15) is 187 Å². The number of hydrogen-bond donors (Lipinski definition) is 7. The lowest BCUT2D eigenvalue weighted by Gasteiger charge is -2.42. The Morgan fingerprint density at radius 2 is 0.929 bits per heavy atom. The fraction of sp³-hybridized carbons (Fsp3) is 0.804. The van der Waals surface area contributed by atoms with E-state index in [1.54, 1.807) is 0 Å². The van der Waals surface area contributed by atoms with E-state index in [2.05, 4.69) is 74.6 Å². The summed E-state index contributed by atoms with van der Waals surface area (Å²) in [6.45, 7) is 3.55. The van der Waals surface area contributed by atoms with Gasteiger partial charge < -0.3 is 64.2 Å².